The van der Waals surface area contributed by atoms with Crippen LogP contribution in [0.25, 0.3) is 0 Å². The first-order valence-electron chi connectivity index (χ1n) is 6.54. The van der Waals surface area contributed by atoms with Gasteiger partial charge in [-0.05, 0) is 38.6 Å². The van der Waals surface area contributed by atoms with Crippen molar-refractivity contribution < 1.29 is 14.3 Å². The number of carbonyl (C=O) groups is 2. The predicted molar refractivity (Wildman–Crippen MR) is 69.0 cm³/mol. The maximum atomic E-state index is 12.3. The van der Waals surface area contributed by atoms with E-state index < -0.39 is 17.6 Å². The molecule has 18 heavy (non-hydrogen) atoms. The van der Waals surface area contributed by atoms with Crippen LogP contribution in [-0.4, -0.2) is 37.1 Å². The Hall–Kier alpha value is -1.10. The Labute approximate surface area is 109 Å². The number of nitrogens with one attached hydrogen (secondary N) is 2. The van der Waals surface area contributed by atoms with Crippen LogP contribution in [0.3, 0.4) is 0 Å². The van der Waals surface area contributed by atoms with E-state index in [1.165, 1.54) is 7.11 Å². The first kappa shape index (κ1) is 15.0. The fourth-order valence-corrected chi connectivity index (χ4v) is 2.18. The van der Waals surface area contributed by atoms with E-state index >= 15 is 0 Å². The summed E-state index contributed by atoms with van der Waals surface area (Å²) < 4.78 is 4.72. The van der Waals surface area contributed by atoms with Gasteiger partial charge in [0.25, 0.3) is 0 Å². The van der Waals surface area contributed by atoms with Gasteiger partial charge in [0.05, 0.1) is 12.6 Å². The molecule has 0 radical (unpaired) electrons. The first-order valence-corrected chi connectivity index (χ1v) is 6.54. The van der Waals surface area contributed by atoms with Crippen LogP contribution in [0.15, 0.2) is 0 Å². The van der Waals surface area contributed by atoms with Crippen molar-refractivity contribution in [2.75, 3.05) is 13.7 Å². The van der Waals surface area contributed by atoms with E-state index in [9.17, 15) is 9.59 Å². The van der Waals surface area contributed by atoms with Crippen LogP contribution < -0.4 is 10.6 Å². The van der Waals surface area contributed by atoms with Gasteiger partial charge in [0.1, 0.15) is 6.04 Å². The quantitative estimate of drug-likeness (QED) is 0.731. The summed E-state index contributed by atoms with van der Waals surface area (Å²) in [6.07, 6.45) is 2.92. The predicted octanol–water partition coefficient (Wildman–Crippen LogP) is 0.832. The summed E-state index contributed by atoms with van der Waals surface area (Å²) in [6, 6.07) is -0.581. The largest absolute Gasteiger partial charge is 0.467 e. The molecular formula is C13H24N2O3. The zero-order valence-electron chi connectivity index (χ0n) is 11.7. The van der Waals surface area contributed by atoms with Crippen molar-refractivity contribution in [3.05, 3.63) is 0 Å². The SMILES string of the molecule is COC(=O)[C@@H](NC(=O)C1(C)CCCCN1)C(C)C. The van der Waals surface area contributed by atoms with E-state index in [-0.39, 0.29) is 11.8 Å². The number of ether oxygens (including phenoxy) is 1. The molecule has 1 aliphatic heterocycles. The smallest absolute Gasteiger partial charge is 0.328 e. The third-order valence-corrected chi connectivity index (χ3v) is 3.53. The molecule has 2 N–H and O–H groups in total. The second-order valence-electron chi connectivity index (χ2n) is 5.43. The lowest BCUT2D eigenvalue weighted by atomic mass is 9.89. The zero-order valence-corrected chi connectivity index (χ0v) is 11.7. The van der Waals surface area contributed by atoms with E-state index in [4.69, 9.17) is 4.74 Å². The lowest BCUT2D eigenvalue weighted by molar-refractivity contribution is -0.147. The molecule has 5 nitrogen and oxygen atoms in total. The summed E-state index contributed by atoms with van der Waals surface area (Å²) in [5.41, 5.74) is -0.570. The Kier molecular flexibility index (Phi) is 5.14. The van der Waals surface area contributed by atoms with Crippen LogP contribution in [0.5, 0.6) is 0 Å². The highest BCUT2D eigenvalue weighted by molar-refractivity contribution is 5.90. The molecule has 0 bridgehead atoms. The highest BCUT2D eigenvalue weighted by Crippen LogP contribution is 2.19. The molecule has 1 unspecified atom stereocenters. The molecule has 1 saturated heterocycles. The van der Waals surface area contributed by atoms with Crippen molar-refractivity contribution in [1.29, 1.82) is 0 Å². The molecule has 0 aromatic carbocycles. The molecule has 1 amide bonds. The van der Waals surface area contributed by atoms with Gasteiger partial charge in [0.2, 0.25) is 5.91 Å². The zero-order chi connectivity index (χ0) is 13.8. The topological polar surface area (TPSA) is 67.4 Å². The standard InChI is InChI=1S/C13H24N2O3/c1-9(2)10(11(16)18-4)15-12(17)13(3)7-5-6-8-14-13/h9-10,14H,5-8H2,1-4H3,(H,15,17)/t10-,13?/m0/s1. The fourth-order valence-electron chi connectivity index (χ4n) is 2.18. The van der Waals surface area contributed by atoms with Gasteiger partial charge in [-0.25, -0.2) is 4.79 Å². The van der Waals surface area contributed by atoms with Crippen LogP contribution in [-0.2, 0) is 14.3 Å². The molecule has 0 aromatic rings. The van der Waals surface area contributed by atoms with Gasteiger partial charge in [-0.3, -0.25) is 4.79 Å². The van der Waals surface area contributed by atoms with E-state index in [0.29, 0.717) is 0 Å². The average Bonchev–Trinajstić information content (AvgIpc) is 2.35. The highest BCUT2D eigenvalue weighted by atomic mass is 16.5. The molecule has 0 aliphatic carbocycles. The van der Waals surface area contributed by atoms with Gasteiger partial charge in [-0.1, -0.05) is 13.8 Å². The van der Waals surface area contributed by atoms with Crippen molar-refractivity contribution in [2.24, 2.45) is 5.92 Å². The third kappa shape index (κ3) is 3.45. The van der Waals surface area contributed by atoms with E-state index in [1.807, 2.05) is 20.8 Å². The number of rotatable bonds is 4. The lowest BCUT2D eigenvalue weighted by Gasteiger charge is -2.35. The Morgan fingerprint density at radius 3 is 2.44 bits per heavy atom. The number of methoxy groups -OCH3 is 1. The third-order valence-electron chi connectivity index (χ3n) is 3.53. The van der Waals surface area contributed by atoms with E-state index in [1.54, 1.807) is 0 Å². The Bertz CT molecular complexity index is 309. The van der Waals surface area contributed by atoms with Gasteiger partial charge in [-0.2, -0.15) is 0 Å². The Morgan fingerprint density at radius 1 is 1.33 bits per heavy atom. The van der Waals surface area contributed by atoms with Crippen molar-refractivity contribution >= 4 is 11.9 Å². The number of piperidine rings is 1. The number of carbonyl (C=O) groups excluding carboxylic acids is 2. The Morgan fingerprint density at radius 2 is 2.00 bits per heavy atom. The molecule has 5 heteroatoms. The molecule has 0 spiro atoms. The van der Waals surface area contributed by atoms with Crippen molar-refractivity contribution in [2.45, 2.75) is 51.6 Å². The second-order valence-corrected chi connectivity index (χ2v) is 5.43. The maximum Gasteiger partial charge on any atom is 0.328 e. The normalized spacial score (nSPS) is 25.6. The lowest BCUT2D eigenvalue weighted by Crippen LogP contribution is -2.60. The monoisotopic (exact) mass is 256 g/mol. The van der Waals surface area contributed by atoms with Crippen LogP contribution in [0.2, 0.25) is 0 Å². The molecule has 2 atom stereocenters. The minimum absolute atomic E-state index is 0.00795. The van der Waals surface area contributed by atoms with E-state index in [0.717, 1.165) is 25.8 Å². The van der Waals surface area contributed by atoms with Gasteiger partial charge < -0.3 is 15.4 Å². The number of amides is 1. The van der Waals surface area contributed by atoms with E-state index in [2.05, 4.69) is 10.6 Å². The molecule has 1 fully saturated rings. The summed E-state index contributed by atoms with van der Waals surface area (Å²) in [7, 11) is 1.34. The van der Waals surface area contributed by atoms with Crippen molar-refractivity contribution in [3.63, 3.8) is 0 Å². The van der Waals surface area contributed by atoms with Crippen molar-refractivity contribution in [1.82, 2.24) is 10.6 Å². The molecule has 0 aromatic heterocycles. The molecular weight excluding hydrogens is 232 g/mol. The second kappa shape index (κ2) is 6.18. The summed E-state index contributed by atoms with van der Waals surface area (Å²) in [5, 5.41) is 6.03. The average molecular weight is 256 g/mol. The fraction of sp³-hybridized carbons (Fsp3) is 0.846. The summed E-state index contributed by atoms with van der Waals surface area (Å²) in [4.78, 5) is 23.9. The molecule has 1 heterocycles. The molecule has 1 rings (SSSR count). The van der Waals surface area contributed by atoms with Gasteiger partial charge in [0.15, 0.2) is 0 Å². The van der Waals surface area contributed by atoms with Gasteiger partial charge in [-0.15, -0.1) is 0 Å². The maximum absolute atomic E-state index is 12.3. The van der Waals surface area contributed by atoms with Crippen molar-refractivity contribution in [3.8, 4) is 0 Å². The Balaban J connectivity index is 2.68. The van der Waals surface area contributed by atoms with Crippen LogP contribution in [0.1, 0.15) is 40.0 Å². The van der Waals surface area contributed by atoms with Crippen LogP contribution in [0, 0.1) is 5.92 Å². The van der Waals surface area contributed by atoms with Gasteiger partial charge >= 0.3 is 5.97 Å². The number of hydrogen-bond acceptors (Lipinski definition) is 4. The minimum Gasteiger partial charge on any atom is -0.467 e. The first-order chi connectivity index (χ1) is 8.40. The number of hydrogen-bond donors (Lipinski definition) is 2. The highest BCUT2D eigenvalue weighted by Gasteiger charge is 2.37. The van der Waals surface area contributed by atoms with Gasteiger partial charge in [0, 0.05) is 0 Å². The van der Waals surface area contributed by atoms with Crippen LogP contribution in [0.4, 0.5) is 0 Å². The summed E-state index contributed by atoms with van der Waals surface area (Å²) in [5.74, 6) is -0.502. The molecule has 0 saturated carbocycles. The summed E-state index contributed by atoms with van der Waals surface area (Å²) in [6.45, 7) is 6.50. The minimum atomic E-state index is -0.581. The molecule has 1 aliphatic rings. The summed E-state index contributed by atoms with van der Waals surface area (Å²) >= 11 is 0. The number of esters is 1. The molecule has 104 valence electrons. The van der Waals surface area contributed by atoms with Crippen LogP contribution >= 0.6 is 0 Å².